The first-order valence-electron chi connectivity index (χ1n) is 24.5. The summed E-state index contributed by atoms with van der Waals surface area (Å²) in [7, 11) is 3.97. The summed E-state index contributed by atoms with van der Waals surface area (Å²) in [6, 6.07) is 31.6. The van der Waals surface area contributed by atoms with Crippen LogP contribution in [0.25, 0.3) is 22.0 Å². The average molecular weight is 1140 g/mol. The molecule has 1 aliphatic rings. The number of rotatable bonds is 23. The van der Waals surface area contributed by atoms with Gasteiger partial charge in [0.2, 0.25) is 39.0 Å². The predicted octanol–water partition coefficient (Wildman–Crippen LogP) is 9.47. The van der Waals surface area contributed by atoms with Crippen LogP contribution in [0.3, 0.4) is 0 Å². The molecule has 1 unspecified atom stereocenters. The lowest BCUT2D eigenvalue weighted by atomic mass is 9.98. The third kappa shape index (κ3) is 15.7. The van der Waals surface area contributed by atoms with Crippen molar-refractivity contribution in [3.05, 3.63) is 141 Å². The maximum Gasteiger partial charge on any atom is 0.230 e. The summed E-state index contributed by atoms with van der Waals surface area (Å²) < 4.78 is 1.97. The molecule has 1 aliphatic heterocycles. The first-order valence-corrected chi connectivity index (χ1v) is 30.1. The van der Waals surface area contributed by atoms with Gasteiger partial charge in [0.05, 0.1) is 24.3 Å². The van der Waals surface area contributed by atoms with E-state index in [0.717, 1.165) is 83.6 Å². The van der Waals surface area contributed by atoms with Crippen molar-refractivity contribution in [1.82, 2.24) is 40.5 Å². The minimum atomic E-state index is -0.344. The Labute approximate surface area is 469 Å². The zero-order valence-electron chi connectivity index (χ0n) is 42.0. The molecule has 5 heterocycles. The van der Waals surface area contributed by atoms with Crippen LogP contribution in [0.15, 0.2) is 103 Å². The zero-order valence-corrected chi connectivity index (χ0v) is 46.9. The fourth-order valence-electron chi connectivity index (χ4n) is 8.69. The van der Waals surface area contributed by atoms with Crippen LogP contribution >= 0.6 is 69.3 Å². The molecule has 8 aromatic rings. The zero-order chi connectivity index (χ0) is 53.7. The van der Waals surface area contributed by atoms with E-state index in [4.69, 9.17) is 10.8 Å². The third-order valence-corrected chi connectivity index (χ3v) is 17.7. The summed E-state index contributed by atoms with van der Waals surface area (Å²) in [5.74, 6) is 2.21. The highest BCUT2D eigenvalue weighted by Crippen LogP contribution is 2.37. The number of anilines is 4. The van der Waals surface area contributed by atoms with Gasteiger partial charge in [-0.3, -0.25) is 30.0 Å². The van der Waals surface area contributed by atoms with Gasteiger partial charge < -0.3 is 30.7 Å². The number of aromatic nitrogens is 7. The fraction of sp³-hybridized carbons (Fsp3) is 0.283. The number of benzene rings is 4. The molecule has 1 atom stereocenters. The minimum absolute atomic E-state index is 0.0477. The second-order valence-corrected chi connectivity index (χ2v) is 24.6. The van der Waals surface area contributed by atoms with Crippen molar-refractivity contribution in [2.75, 3.05) is 51.7 Å². The molecule has 0 bridgehead atoms. The van der Waals surface area contributed by atoms with Crippen molar-refractivity contribution < 1.29 is 19.2 Å². The summed E-state index contributed by atoms with van der Waals surface area (Å²) in [4.78, 5) is 53.8. The number of thioether (sulfide) groups is 3. The molecule has 0 spiro atoms. The highest BCUT2D eigenvalue weighted by atomic mass is 32.2. The molecule has 6 N–H and O–H groups in total. The Bertz CT molecular complexity index is 3410. The normalized spacial score (nSPS) is 12.9. The highest BCUT2D eigenvalue weighted by molar-refractivity contribution is 8.26. The Morgan fingerprint density at radius 1 is 0.636 bits per heavy atom. The number of fused-ring (bicyclic) bond motifs is 2. The third-order valence-electron chi connectivity index (χ3n) is 12.2. The highest BCUT2D eigenvalue weighted by Gasteiger charge is 2.28. The molecule has 77 heavy (non-hydrogen) atoms. The molecular weight excluding hydrogens is 1090 g/mol. The first kappa shape index (κ1) is 54.9. The molecule has 24 heteroatoms. The summed E-state index contributed by atoms with van der Waals surface area (Å²) >= 11 is 8.36. The largest absolute Gasteiger partial charge is 0.374 e. The number of carbonyl (C=O) groups excluding carboxylic acids is 4. The van der Waals surface area contributed by atoms with Crippen LogP contribution in [0.2, 0.25) is 0 Å². The number of hydrogen-bond acceptors (Lipinski definition) is 19. The topological polar surface area (TPSA) is 250 Å². The van der Waals surface area contributed by atoms with Crippen LogP contribution in [-0.2, 0) is 64.1 Å². The van der Waals surface area contributed by atoms with Gasteiger partial charge in [-0.15, -0.1) is 30.6 Å². The molecule has 396 valence electrons. The van der Waals surface area contributed by atoms with Crippen molar-refractivity contribution in [3.8, 4) is 11.1 Å². The molecular formula is C53H54N14O4S6. The first-order chi connectivity index (χ1) is 37.4. The lowest BCUT2D eigenvalue weighted by Crippen LogP contribution is -2.29. The maximum atomic E-state index is 13.2. The van der Waals surface area contributed by atoms with E-state index in [1.807, 2.05) is 110 Å². The van der Waals surface area contributed by atoms with Crippen molar-refractivity contribution in [3.63, 3.8) is 0 Å². The predicted molar refractivity (Wildman–Crippen MR) is 315 cm³/mol. The number of amidine groups is 1. The molecule has 18 nitrogen and oxygen atoms in total. The molecule has 0 saturated heterocycles. The van der Waals surface area contributed by atoms with E-state index in [1.54, 1.807) is 23.5 Å². The van der Waals surface area contributed by atoms with Gasteiger partial charge in [0.1, 0.15) is 15.0 Å². The van der Waals surface area contributed by atoms with Crippen molar-refractivity contribution in [1.29, 1.82) is 10.8 Å². The smallest absolute Gasteiger partial charge is 0.230 e. The van der Waals surface area contributed by atoms with Crippen LogP contribution < -0.4 is 26.2 Å². The maximum absolute atomic E-state index is 13.2. The Balaban J connectivity index is 0.666. The van der Waals surface area contributed by atoms with E-state index in [9.17, 15) is 19.2 Å². The lowest BCUT2D eigenvalue weighted by molar-refractivity contribution is -0.119. The summed E-state index contributed by atoms with van der Waals surface area (Å²) in [6.45, 7) is 0.800. The van der Waals surface area contributed by atoms with E-state index in [0.29, 0.717) is 52.6 Å². The number of amides is 4. The molecule has 0 saturated carbocycles. The second kappa shape index (κ2) is 26.5. The number of nitrogens with zero attached hydrogens (tertiary/aromatic N) is 8. The van der Waals surface area contributed by atoms with Gasteiger partial charge in [-0.1, -0.05) is 113 Å². The Morgan fingerprint density at radius 3 is 2.00 bits per heavy atom. The number of para-hydroxylation sites is 1. The van der Waals surface area contributed by atoms with E-state index in [1.165, 1.54) is 45.3 Å². The van der Waals surface area contributed by atoms with Crippen molar-refractivity contribution >= 4 is 135 Å². The fourth-order valence-corrected chi connectivity index (χ4v) is 13.8. The molecule has 0 radical (unpaired) electrons. The Morgan fingerprint density at radius 2 is 1.26 bits per heavy atom. The molecule has 4 aromatic carbocycles. The summed E-state index contributed by atoms with van der Waals surface area (Å²) in [5, 5.41) is 58.3. The summed E-state index contributed by atoms with van der Waals surface area (Å²) in [6.07, 6.45) is 4.58. The van der Waals surface area contributed by atoms with Crippen LogP contribution in [0.4, 0.5) is 21.1 Å². The molecule has 4 aromatic heterocycles. The number of aryl methyl sites for hydroxylation is 3. The molecule has 9 rings (SSSR count). The van der Waals surface area contributed by atoms with Gasteiger partial charge in [-0.25, -0.2) is 0 Å². The van der Waals surface area contributed by atoms with Crippen LogP contribution in [-0.4, -0.2) is 99.9 Å². The molecule has 0 fully saturated rings. The van der Waals surface area contributed by atoms with Gasteiger partial charge in [0, 0.05) is 86.5 Å². The quantitative estimate of drug-likeness (QED) is 0.0198. The standard InChI is InChI=1S/C53H54N14O4S6/c1-66-29-36(38-13-6-7-14-40(38)66)27-46(71)59-52-64-60-47(75-52)18-21-72-20-17-42(54)74-50(55)56-45(70)28-37-30-67(2)41-16-15-35(26-39(37)41)34-12-8-11-33(23-34)25-44(69)58-53-65-62-49(77-53)31-73-22-19-48-61-63-51(76-48)57-43(68)24-32-9-4-3-5-10-32/h3-16,23,26,30,36,54H,17-22,24-25,27-29,31H2,1-2H3,(H2,55,56,70)(H,57,63,68)(H,58,65,69)(H,59,64,71). The van der Waals surface area contributed by atoms with E-state index in [2.05, 4.69) is 68.9 Å². The number of nitrogens with one attached hydrogen (secondary N) is 6. The monoisotopic (exact) mass is 1140 g/mol. The Kier molecular flexibility index (Phi) is 18.9. The minimum Gasteiger partial charge on any atom is -0.374 e. The summed E-state index contributed by atoms with van der Waals surface area (Å²) in [5.41, 5.74) is 7.71. The average Bonchev–Trinajstić information content (AvgIpc) is 4.27. The lowest BCUT2D eigenvalue weighted by Gasteiger charge is -2.12. The van der Waals surface area contributed by atoms with E-state index in [-0.39, 0.29) is 59.0 Å². The van der Waals surface area contributed by atoms with Gasteiger partial charge in [0.15, 0.2) is 5.17 Å². The van der Waals surface area contributed by atoms with Gasteiger partial charge in [-0.2, -0.15) is 23.5 Å². The van der Waals surface area contributed by atoms with Gasteiger partial charge >= 0.3 is 0 Å². The van der Waals surface area contributed by atoms with Crippen molar-refractivity contribution in [2.45, 2.75) is 56.6 Å². The van der Waals surface area contributed by atoms with E-state index >= 15 is 0 Å². The van der Waals surface area contributed by atoms with E-state index < -0.39 is 0 Å². The second-order valence-electron chi connectivity index (χ2n) is 18.0. The van der Waals surface area contributed by atoms with Crippen molar-refractivity contribution in [2.24, 2.45) is 7.05 Å². The number of likely N-dealkylation sites (N-methyl/N-ethyl adjacent to an activating group) is 1. The van der Waals surface area contributed by atoms with Gasteiger partial charge in [0.25, 0.3) is 0 Å². The van der Waals surface area contributed by atoms with Crippen LogP contribution in [0.1, 0.15) is 56.0 Å². The van der Waals surface area contributed by atoms with Gasteiger partial charge in [-0.05, 0) is 74.8 Å². The molecule has 0 aliphatic carbocycles. The Hall–Kier alpha value is -6.83. The van der Waals surface area contributed by atoms with Crippen LogP contribution in [0, 0.1) is 10.8 Å². The number of hydrogen-bond donors (Lipinski definition) is 6. The van der Waals surface area contributed by atoms with Crippen LogP contribution in [0.5, 0.6) is 0 Å². The molecule has 4 amide bonds. The SMILES string of the molecule is CN1CC(CC(=O)Nc2nnc(CCSCCC(=N)SC(=N)NC(=O)Cc3cn(C)c4ccc(-c5cccc(CC(=O)Nc6nnc(CSCCc7nnc(NC(=O)Cc8ccccc8)s7)s6)c5)cc34)s2)c2ccccc21. The number of carbonyl (C=O) groups is 4.